The maximum Gasteiger partial charge on any atom is 0.251 e. The van der Waals surface area contributed by atoms with Gasteiger partial charge in [-0.05, 0) is 56.2 Å². The van der Waals surface area contributed by atoms with Crippen LogP contribution >= 0.6 is 0 Å². The summed E-state index contributed by atoms with van der Waals surface area (Å²) in [7, 11) is 4.60. The molecule has 0 fully saturated rings. The Morgan fingerprint density at radius 3 is 2.31 bits per heavy atom. The van der Waals surface area contributed by atoms with Crippen molar-refractivity contribution < 1.29 is 23.7 Å². The van der Waals surface area contributed by atoms with Gasteiger partial charge in [-0.2, -0.15) is 0 Å². The van der Waals surface area contributed by atoms with Gasteiger partial charge < -0.3 is 28.8 Å². The fourth-order valence-corrected chi connectivity index (χ4v) is 4.56. The molecule has 4 rings (SSSR count). The number of aromatic nitrogens is 2. The van der Waals surface area contributed by atoms with Gasteiger partial charge in [0.15, 0.2) is 11.5 Å². The van der Waals surface area contributed by atoms with Crippen molar-refractivity contribution in [2.24, 2.45) is 0 Å². The molecule has 0 saturated carbocycles. The van der Waals surface area contributed by atoms with Crippen LogP contribution in [0.15, 0.2) is 60.7 Å². The first-order chi connectivity index (χ1) is 19.0. The Morgan fingerprint density at radius 2 is 1.62 bits per heavy atom. The lowest BCUT2D eigenvalue weighted by Gasteiger charge is -2.14. The first-order valence-electron chi connectivity index (χ1n) is 13.3. The summed E-state index contributed by atoms with van der Waals surface area (Å²) in [5, 5.41) is 2.99. The summed E-state index contributed by atoms with van der Waals surface area (Å²) >= 11 is 0. The zero-order valence-electron chi connectivity index (χ0n) is 23.2. The molecule has 0 aliphatic heterocycles. The van der Waals surface area contributed by atoms with Gasteiger partial charge >= 0.3 is 0 Å². The van der Waals surface area contributed by atoms with E-state index in [1.165, 1.54) is 26.9 Å². The van der Waals surface area contributed by atoms with Crippen LogP contribution in [-0.4, -0.2) is 49.9 Å². The van der Waals surface area contributed by atoms with E-state index in [1.54, 1.807) is 12.1 Å². The van der Waals surface area contributed by atoms with Gasteiger partial charge in [0, 0.05) is 18.5 Å². The summed E-state index contributed by atoms with van der Waals surface area (Å²) in [6.45, 7) is 3.95. The van der Waals surface area contributed by atoms with Crippen LogP contribution < -0.4 is 24.3 Å². The molecular formula is C31H37N3O5. The topological polar surface area (TPSA) is 83.8 Å². The number of hydrogen-bond acceptors (Lipinski definition) is 6. The highest BCUT2D eigenvalue weighted by Crippen LogP contribution is 2.38. The SMILES string of the molecule is COc1cc(C(=O)NCCCCCc2nc3ccccc3n2CCOc2ccc(C)cc2)cc(OC)c1OC. The Hall–Kier alpha value is -4.20. The zero-order valence-corrected chi connectivity index (χ0v) is 23.2. The van der Waals surface area contributed by atoms with Gasteiger partial charge in [-0.25, -0.2) is 4.98 Å². The van der Waals surface area contributed by atoms with Crippen LogP contribution in [0.1, 0.15) is 41.0 Å². The lowest BCUT2D eigenvalue weighted by Crippen LogP contribution is -2.24. The van der Waals surface area contributed by atoms with Crippen molar-refractivity contribution in [2.45, 2.75) is 39.2 Å². The number of para-hydroxylation sites is 2. The Kier molecular flexibility index (Phi) is 9.67. The molecule has 8 nitrogen and oxygen atoms in total. The average Bonchev–Trinajstić information content (AvgIpc) is 3.32. The number of aryl methyl sites for hydroxylation is 2. The number of carbonyl (C=O) groups is 1. The van der Waals surface area contributed by atoms with Crippen molar-refractivity contribution in [3.05, 3.63) is 77.6 Å². The molecule has 4 aromatic rings. The second-order valence-corrected chi connectivity index (χ2v) is 9.31. The smallest absolute Gasteiger partial charge is 0.251 e. The number of hydrogen-bond donors (Lipinski definition) is 1. The fraction of sp³-hybridized carbons (Fsp3) is 0.355. The molecule has 1 amide bonds. The van der Waals surface area contributed by atoms with Crippen LogP contribution in [0.25, 0.3) is 11.0 Å². The molecule has 0 atom stereocenters. The number of fused-ring (bicyclic) bond motifs is 1. The van der Waals surface area contributed by atoms with Gasteiger partial charge in [0.1, 0.15) is 18.2 Å². The van der Waals surface area contributed by atoms with E-state index >= 15 is 0 Å². The third kappa shape index (κ3) is 7.02. The van der Waals surface area contributed by atoms with Crippen molar-refractivity contribution in [1.29, 1.82) is 0 Å². The van der Waals surface area contributed by atoms with Crippen LogP contribution in [0.4, 0.5) is 0 Å². The maximum atomic E-state index is 12.7. The molecular weight excluding hydrogens is 494 g/mol. The molecule has 3 aromatic carbocycles. The third-order valence-corrected chi connectivity index (χ3v) is 6.63. The van der Waals surface area contributed by atoms with E-state index in [-0.39, 0.29) is 5.91 Å². The number of carbonyl (C=O) groups excluding carboxylic acids is 1. The van der Waals surface area contributed by atoms with E-state index < -0.39 is 0 Å². The predicted molar refractivity (Wildman–Crippen MR) is 152 cm³/mol. The molecule has 0 bridgehead atoms. The van der Waals surface area contributed by atoms with Crippen molar-refractivity contribution in [3.8, 4) is 23.0 Å². The Labute approximate surface area is 229 Å². The maximum absolute atomic E-state index is 12.7. The quantitative estimate of drug-likeness (QED) is 0.214. The molecule has 0 aliphatic carbocycles. The number of amides is 1. The van der Waals surface area contributed by atoms with Crippen molar-refractivity contribution in [2.75, 3.05) is 34.5 Å². The van der Waals surface area contributed by atoms with E-state index in [0.717, 1.165) is 54.8 Å². The second-order valence-electron chi connectivity index (χ2n) is 9.31. The van der Waals surface area contributed by atoms with Crippen molar-refractivity contribution >= 4 is 16.9 Å². The molecule has 206 valence electrons. The average molecular weight is 532 g/mol. The number of nitrogens with one attached hydrogen (secondary N) is 1. The molecule has 1 N–H and O–H groups in total. The minimum Gasteiger partial charge on any atom is -0.493 e. The van der Waals surface area contributed by atoms with E-state index in [4.69, 9.17) is 23.9 Å². The van der Waals surface area contributed by atoms with Crippen LogP contribution in [0, 0.1) is 6.92 Å². The number of ether oxygens (including phenoxy) is 4. The summed E-state index contributed by atoms with van der Waals surface area (Å²) in [6.07, 6.45) is 3.67. The van der Waals surface area contributed by atoms with Gasteiger partial charge in [-0.3, -0.25) is 4.79 Å². The number of imidazole rings is 1. The number of benzene rings is 3. The zero-order chi connectivity index (χ0) is 27.6. The standard InChI is InChI=1S/C31H37N3O5/c1-22-13-15-24(16-14-22)39-19-18-34-26-11-8-7-10-25(26)33-29(34)12-6-5-9-17-32-31(35)23-20-27(36-2)30(38-4)28(21-23)37-3/h7-8,10-11,13-16,20-21H,5-6,9,12,17-19H2,1-4H3,(H,32,35). The highest BCUT2D eigenvalue weighted by molar-refractivity contribution is 5.95. The van der Waals surface area contributed by atoms with Crippen LogP contribution in [0.5, 0.6) is 23.0 Å². The second kappa shape index (κ2) is 13.6. The van der Waals surface area contributed by atoms with Crippen molar-refractivity contribution in [3.63, 3.8) is 0 Å². The highest BCUT2D eigenvalue weighted by Gasteiger charge is 2.17. The van der Waals surface area contributed by atoms with Gasteiger partial charge in [0.25, 0.3) is 5.91 Å². The molecule has 0 aliphatic rings. The Morgan fingerprint density at radius 1 is 0.897 bits per heavy atom. The molecule has 0 spiro atoms. The first-order valence-corrected chi connectivity index (χ1v) is 13.3. The third-order valence-electron chi connectivity index (χ3n) is 6.63. The molecule has 1 heterocycles. The largest absolute Gasteiger partial charge is 0.493 e. The number of unbranched alkanes of at least 4 members (excludes halogenated alkanes) is 2. The van der Waals surface area contributed by atoms with Gasteiger partial charge in [-0.1, -0.05) is 36.2 Å². The molecule has 1 aromatic heterocycles. The predicted octanol–water partition coefficient (Wildman–Crippen LogP) is 5.59. The Bertz CT molecular complexity index is 1360. The van der Waals surface area contributed by atoms with Crippen LogP contribution in [0.3, 0.4) is 0 Å². The van der Waals surface area contributed by atoms with Gasteiger partial charge in [-0.15, -0.1) is 0 Å². The summed E-state index contributed by atoms with van der Waals surface area (Å²) < 4.78 is 24.3. The van der Waals surface area contributed by atoms with Crippen LogP contribution in [-0.2, 0) is 13.0 Å². The van der Waals surface area contributed by atoms with Crippen molar-refractivity contribution in [1.82, 2.24) is 14.9 Å². The highest BCUT2D eigenvalue weighted by atomic mass is 16.5. The Balaban J connectivity index is 1.28. The van der Waals surface area contributed by atoms with Crippen LogP contribution in [0.2, 0.25) is 0 Å². The number of nitrogens with zero attached hydrogens (tertiary/aromatic N) is 2. The summed E-state index contributed by atoms with van der Waals surface area (Å²) in [5.41, 5.74) is 3.80. The molecule has 0 radical (unpaired) electrons. The number of rotatable bonds is 14. The van der Waals surface area contributed by atoms with Gasteiger partial charge in [0.2, 0.25) is 5.75 Å². The fourth-order valence-electron chi connectivity index (χ4n) is 4.56. The molecule has 0 saturated heterocycles. The first kappa shape index (κ1) is 27.8. The minimum atomic E-state index is -0.176. The number of methoxy groups -OCH3 is 3. The summed E-state index contributed by atoms with van der Waals surface area (Å²) in [4.78, 5) is 17.6. The molecule has 0 unspecified atom stereocenters. The summed E-state index contributed by atoms with van der Waals surface area (Å²) in [5.74, 6) is 3.13. The lowest BCUT2D eigenvalue weighted by molar-refractivity contribution is 0.0952. The van der Waals surface area contributed by atoms with E-state index in [2.05, 4.69) is 41.1 Å². The summed E-state index contributed by atoms with van der Waals surface area (Å²) in [6, 6.07) is 19.6. The minimum absolute atomic E-state index is 0.176. The monoisotopic (exact) mass is 531 g/mol. The normalized spacial score (nSPS) is 10.9. The molecule has 39 heavy (non-hydrogen) atoms. The van der Waals surface area contributed by atoms with E-state index in [1.807, 2.05) is 24.3 Å². The van der Waals surface area contributed by atoms with E-state index in [9.17, 15) is 4.79 Å². The van der Waals surface area contributed by atoms with E-state index in [0.29, 0.717) is 36.0 Å². The molecule has 8 heteroatoms. The lowest BCUT2D eigenvalue weighted by atomic mass is 10.1. The van der Waals surface area contributed by atoms with Gasteiger partial charge in [0.05, 0.1) is 38.9 Å².